The third-order valence-electron chi connectivity index (χ3n) is 3.30. The maximum Gasteiger partial charge on any atom is 0.0541 e. The van der Waals surface area contributed by atoms with Crippen molar-refractivity contribution in [1.82, 2.24) is 15.2 Å². The molecule has 1 aromatic heterocycles. The lowest BCUT2D eigenvalue weighted by Gasteiger charge is -2.20. The molecule has 17 heavy (non-hydrogen) atoms. The standard InChI is InChI=1S/C14H23N3/c1-2-17(12-13-6-7-13)10-9-15-11-14-5-3-4-8-16-14/h3-5,8,13,15H,2,6-7,9-12H2,1H3. The van der Waals surface area contributed by atoms with E-state index in [1.807, 2.05) is 18.3 Å². The Balaban J connectivity index is 1.58. The first kappa shape index (κ1) is 12.5. The molecule has 0 unspecified atom stereocenters. The number of hydrogen-bond donors (Lipinski definition) is 1. The van der Waals surface area contributed by atoms with Gasteiger partial charge in [-0.05, 0) is 37.4 Å². The summed E-state index contributed by atoms with van der Waals surface area (Å²) in [6.45, 7) is 7.80. The van der Waals surface area contributed by atoms with Crippen LogP contribution >= 0.6 is 0 Å². The van der Waals surface area contributed by atoms with Crippen molar-refractivity contribution in [3.8, 4) is 0 Å². The van der Waals surface area contributed by atoms with E-state index in [1.54, 1.807) is 0 Å². The first-order valence-electron chi connectivity index (χ1n) is 6.71. The number of aromatic nitrogens is 1. The van der Waals surface area contributed by atoms with Crippen molar-refractivity contribution in [2.75, 3.05) is 26.2 Å². The summed E-state index contributed by atoms with van der Waals surface area (Å²) in [6, 6.07) is 6.06. The quantitative estimate of drug-likeness (QED) is 0.695. The molecule has 0 spiro atoms. The Labute approximate surface area is 104 Å². The molecule has 0 amide bonds. The molecule has 0 radical (unpaired) electrons. The highest BCUT2D eigenvalue weighted by atomic mass is 15.1. The summed E-state index contributed by atoms with van der Waals surface area (Å²) in [7, 11) is 0. The topological polar surface area (TPSA) is 28.2 Å². The van der Waals surface area contributed by atoms with Crippen LogP contribution in [0.4, 0.5) is 0 Å². The van der Waals surface area contributed by atoms with E-state index in [-0.39, 0.29) is 0 Å². The molecule has 0 aliphatic heterocycles. The Morgan fingerprint density at radius 2 is 2.29 bits per heavy atom. The fourth-order valence-electron chi connectivity index (χ4n) is 2.00. The molecule has 1 aromatic rings. The van der Waals surface area contributed by atoms with E-state index in [0.29, 0.717) is 0 Å². The van der Waals surface area contributed by atoms with Gasteiger partial charge in [-0.2, -0.15) is 0 Å². The monoisotopic (exact) mass is 233 g/mol. The van der Waals surface area contributed by atoms with Crippen LogP contribution in [0.3, 0.4) is 0 Å². The fraction of sp³-hybridized carbons (Fsp3) is 0.643. The smallest absolute Gasteiger partial charge is 0.0541 e. The molecule has 1 saturated carbocycles. The van der Waals surface area contributed by atoms with E-state index in [2.05, 4.69) is 28.2 Å². The third kappa shape index (κ3) is 4.84. The highest BCUT2D eigenvalue weighted by molar-refractivity contribution is 5.02. The number of likely N-dealkylation sites (N-methyl/N-ethyl adjacent to an activating group) is 1. The molecule has 0 saturated heterocycles. The number of hydrogen-bond acceptors (Lipinski definition) is 3. The van der Waals surface area contributed by atoms with Gasteiger partial charge in [0.2, 0.25) is 0 Å². The summed E-state index contributed by atoms with van der Waals surface area (Å²) in [5, 5.41) is 3.46. The summed E-state index contributed by atoms with van der Waals surface area (Å²) in [4.78, 5) is 6.84. The predicted molar refractivity (Wildman–Crippen MR) is 70.8 cm³/mol. The normalized spacial score (nSPS) is 15.4. The molecule has 1 N–H and O–H groups in total. The van der Waals surface area contributed by atoms with Crippen LogP contribution < -0.4 is 5.32 Å². The van der Waals surface area contributed by atoms with Gasteiger partial charge in [0.25, 0.3) is 0 Å². The van der Waals surface area contributed by atoms with Crippen molar-refractivity contribution in [2.45, 2.75) is 26.3 Å². The van der Waals surface area contributed by atoms with Crippen LogP contribution in [0.2, 0.25) is 0 Å². The average Bonchev–Trinajstić information content (AvgIpc) is 3.18. The van der Waals surface area contributed by atoms with Crippen molar-refractivity contribution >= 4 is 0 Å². The molecule has 1 aliphatic rings. The highest BCUT2D eigenvalue weighted by Gasteiger charge is 2.23. The molecule has 0 bridgehead atoms. The van der Waals surface area contributed by atoms with Crippen LogP contribution in [0.1, 0.15) is 25.5 Å². The Hall–Kier alpha value is -0.930. The maximum atomic E-state index is 4.30. The zero-order valence-electron chi connectivity index (χ0n) is 10.7. The van der Waals surface area contributed by atoms with Crippen LogP contribution in [0.15, 0.2) is 24.4 Å². The minimum absolute atomic E-state index is 0.877. The molecule has 0 atom stereocenters. The maximum absolute atomic E-state index is 4.30. The fourth-order valence-corrected chi connectivity index (χ4v) is 2.00. The van der Waals surface area contributed by atoms with Crippen molar-refractivity contribution in [3.05, 3.63) is 30.1 Å². The molecule has 3 nitrogen and oxygen atoms in total. The van der Waals surface area contributed by atoms with Crippen molar-refractivity contribution < 1.29 is 0 Å². The molecule has 1 heterocycles. The van der Waals surface area contributed by atoms with Gasteiger partial charge in [-0.15, -0.1) is 0 Å². The molecule has 94 valence electrons. The van der Waals surface area contributed by atoms with E-state index >= 15 is 0 Å². The van der Waals surface area contributed by atoms with Gasteiger partial charge in [-0.25, -0.2) is 0 Å². The number of pyridine rings is 1. The first-order chi connectivity index (χ1) is 8.38. The number of rotatable bonds is 8. The zero-order chi connectivity index (χ0) is 11.9. The van der Waals surface area contributed by atoms with Crippen molar-refractivity contribution in [1.29, 1.82) is 0 Å². The Bertz CT molecular complexity index is 309. The Kier molecular flexibility index (Phi) is 4.95. The van der Waals surface area contributed by atoms with Gasteiger partial charge < -0.3 is 10.2 Å². The number of nitrogens with one attached hydrogen (secondary N) is 1. The second kappa shape index (κ2) is 6.72. The average molecular weight is 233 g/mol. The van der Waals surface area contributed by atoms with E-state index < -0.39 is 0 Å². The third-order valence-corrected chi connectivity index (χ3v) is 3.30. The minimum Gasteiger partial charge on any atom is -0.310 e. The predicted octanol–water partition coefficient (Wildman–Crippen LogP) is 1.90. The Morgan fingerprint density at radius 3 is 2.94 bits per heavy atom. The van der Waals surface area contributed by atoms with E-state index in [4.69, 9.17) is 0 Å². The van der Waals surface area contributed by atoms with Crippen molar-refractivity contribution in [3.63, 3.8) is 0 Å². The molecule has 0 aromatic carbocycles. The van der Waals surface area contributed by atoms with Gasteiger partial charge in [0, 0.05) is 32.4 Å². The van der Waals surface area contributed by atoms with Gasteiger partial charge in [0.1, 0.15) is 0 Å². The highest BCUT2D eigenvalue weighted by Crippen LogP contribution is 2.29. The summed E-state index contributed by atoms with van der Waals surface area (Å²) in [6.07, 6.45) is 4.73. The van der Waals surface area contributed by atoms with Crippen LogP contribution in [-0.2, 0) is 6.54 Å². The van der Waals surface area contributed by atoms with Gasteiger partial charge in [-0.3, -0.25) is 4.98 Å². The minimum atomic E-state index is 0.877. The second-order valence-corrected chi connectivity index (χ2v) is 4.83. The van der Waals surface area contributed by atoms with E-state index in [0.717, 1.165) is 31.2 Å². The Morgan fingerprint density at radius 1 is 1.41 bits per heavy atom. The van der Waals surface area contributed by atoms with Gasteiger partial charge in [-0.1, -0.05) is 13.0 Å². The molecule has 3 heteroatoms. The first-order valence-corrected chi connectivity index (χ1v) is 6.71. The lowest BCUT2D eigenvalue weighted by Crippen LogP contribution is -2.33. The molecular formula is C14H23N3. The van der Waals surface area contributed by atoms with E-state index in [1.165, 1.54) is 25.9 Å². The molecule has 1 aliphatic carbocycles. The largest absolute Gasteiger partial charge is 0.310 e. The SMILES string of the molecule is CCN(CCNCc1ccccn1)CC1CC1. The summed E-state index contributed by atoms with van der Waals surface area (Å²) < 4.78 is 0. The van der Waals surface area contributed by atoms with Gasteiger partial charge >= 0.3 is 0 Å². The number of nitrogens with zero attached hydrogens (tertiary/aromatic N) is 2. The molecular weight excluding hydrogens is 210 g/mol. The summed E-state index contributed by atoms with van der Waals surface area (Å²) in [5.41, 5.74) is 1.12. The zero-order valence-corrected chi connectivity index (χ0v) is 10.7. The lowest BCUT2D eigenvalue weighted by atomic mass is 10.3. The lowest BCUT2D eigenvalue weighted by molar-refractivity contribution is 0.275. The van der Waals surface area contributed by atoms with E-state index in [9.17, 15) is 0 Å². The summed E-state index contributed by atoms with van der Waals surface area (Å²) >= 11 is 0. The molecule has 2 rings (SSSR count). The van der Waals surface area contributed by atoms with Crippen LogP contribution in [0.25, 0.3) is 0 Å². The van der Waals surface area contributed by atoms with Crippen LogP contribution in [-0.4, -0.2) is 36.1 Å². The molecule has 1 fully saturated rings. The van der Waals surface area contributed by atoms with Crippen molar-refractivity contribution in [2.24, 2.45) is 5.92 Å². The van der Waals surface area contributed by atoms with Crippen LogP contribution in [0, 0.1) is 5.92 Å². The van der Waals surface area contributed by atoms with Gasteiger partial charge in [0.15, 0.2) is 0 Å². The van der Waals surface area contributed by atoms with Crippen LogP contribution in [0.5, 0.6) is 0 Å². The van der Waals surface area contributed by atoms with Gasteiger partial charge in [0.05, 0.1) is 5.69 Å². The summed E-state index contributed by atoms with van der Waals surface area (Å²) in [5.74, 6) is 0.991. The second-order valence-electron chi connectivity index (χ2n) is 4.83.